The number of allylic oxidation sites excluding steroid dienone is 3. The number of hydrogen-bond donors (Lipinski definition) is 0. The Morgan fingerprint density at radius 2 is 0.882 bits per heavy atom. The standard InChI is InChI=1S/C49H40N2/c1-36-14-12-15-37(2)50(44-20-10-5-11-21-44)47-22-13-23-48(49(36)47)51(45-32-28-42(29-33-45)39-18-8-4-9-19-39)46-34-30-43(31-35-46)41-26-24-40(25-27-41)38-16-6-3-7-17-38/h3-35,37H,1-2H3/b15-12-,36-14+. The third kappa shape index (κ3) is 6.52. The second-order valence-electron chi connectivity index (χ2n) is 13.1. The van der Waals surface area contributed by atoms with E-state index in [1.165, 1.54) is 55.9 Å². The lowest BCUT2D eigenvalue weighted by Crippen LogP contribution is -2.28. The molecule has 0 bridgehead atoms. The quantitative estimate of drug-likeness (QED) is 0.168. The van der Waals surface area contributed by atoms with E-state index in [0.29, 0.717) is 0 Å². The van der Waals surface area contributed by atoms with Crippen LogP contribution in [0.1, 0.15) is 19.4 Å². The van der Waals surface area contributed by atoms with E-state index < -0.39 is 0 Å². The zero-order valence-electron chi connectivity index (χ0n) is 29.0. The van der Waals surface area contributed by atoms with Gasteiger partial charge in [-0.3, -0.25) is 0 Å². The molecular formula is C49H40N2. The van der Waals surface area contributed by atoms with E-state index in [0.717, 1.165) is 17.1 Å². The monoisotopic (exact) mass is 656 g/mol. The van der Waals surface area contributed by atoms with E-state index in [2.05, 4.69) is 224 Å². The van der Waals surface area contributed by atoms with Crippen molar-refractivity contribution in [1.82, 2.24) is 0 Å². The molecule has 1 unspecified atom stereocenters. The van der Waals surface area contributed by atoms with E-state index in [-0.39, 0.29) is 6.04 Å². The van der Waals surface area contributed by atoms with Gasteiger partial charge in [0.25, 0.3) is 0 Å². The van der Waals surface area contributed by atoms with Crippen molar-refractivity contribution in [3.05, 3.63) is 206 Å². The van der Waals surface area contributed by atoms with Crippen molar-refractivity contribution >= 4 is 34.0 Å². The molecule has 7 aromatic rings. The van der Waals surface area contributed by atoms with Crippen LogP contribution in [0.3, 0.4) is 0 Å². The zero-order valence-corrected chi connectivity index (χ0v) is 29.0. The van der Waals surface area contributed by atoms with Gasteiger partial charge in [0.05, 0.1) is 11.4 Å². The number of para-hydroxylation sites is 1. The molecule has 1 aliphatic heterocycles. The number of benzene rings is 7. The van der Waals surface area contributed by atoms with Gasteiger partial charge in [-0.1, -0.05) is 152 Å². The maximum Gasteiger partial charge on any atom is 0.0557 e. The minimum Gasteiger partial charge on any atom is -0.334 e. The zero-order chi connectivity index (χ0) is 34.6. The van der Waals surface area contributed by atoms with E-state index in [1.807, 2.05) is 0 Å². The van der Waals surface area contributed by atoms with Crippen LogP contribution in [-0.4, -0.2) is 6.04 Å². The first kappa shape index (κ1) is 31.9. The lowest BCUT2D eigenvalue weighted by Gasteiger charge is -2.36. The van der Waals surface area contributed by atoms with Gasteiger partial charge in [0.2, 0.25) is 0 Å². The first-order valence-corrected chi connectivity index (χ1v) is 17.7. The molecule has 8 rings (SSSR count). The summed E-state index contributed by atoms with van der Waals surface area (Å²) in [7, 11) is 0. The minimum absolute atomic E-state index is 0.164. The van der Waals surface area contributed by atoms with Crippen molar-refractivity contribution in [3.63, 3.8) is 0 Å². The van der Waals surface area contributed by atoms with Crippen LogP contribution in [0.5, 0.6) is 0 Å². The Hall–Kier alpha value is -6.38. The summed E-state index contributed by atoms with van der Waals surface area (Å²) in [6, 6.07) is 65.6. The van der Waals surface area contributed by atoms with Gasteiger partial charge in [0.15, 0.2) is 0 Å². The topological polar surface area (TPSA) is 6.48 Å². The summed E-state index contributed by atoms with van der Waals surface area (Å²) in [6.45, 7) is 4.49. The molecule has 1 heterocycles. The largest absolute Gasteiger partial charge is 0.334 e. The summed E-state index contributed by atoms with van der Waals surface area (Å²) in [4.78, 5) is 4.86. The molecule has 246 valence electrons. The van der Waals surface area contributed by atoms with Crippen LogP contribution in [-0.2, 0) is 0 Å². The van der Waals surface area contributed by atoms with Crippen LogP contribution >= 0.6 is 0 Å². The second kappa shape index (κ2) is 14.2. The summed E-state index contributed by atoms with van der Waals surface area (Å²) in [5, 5.41) is 0. The number of nitrogens with zero attached hydrogens (tertiary/aromatic N) is 2. The van der Waals surface area contributed by atoms with Crippen LogP contribution in [0.4, 0.5) is 28.4 Å². The number of hydrogen-bond acceptors (Lipinski definition) is 2. The van der Waals surface area contributed by atoms with Gasteiger partial charge >= 0.3 is 0 Å². The fourth-order valence-corrected chi connectivity index (χ4v) is 7.18. The van der Waals surface area contributed by atoms with Crippen LogP contribution in [0, 0.1) is 0 Å². The minimum atomic E-state index is 0.164. The van der Waals surface area contributed by atoms with Gasteiger partial charge in [-0.15, -0.1) is 0 Å². The Kier molecular flexibility index (Phi) is 8.89. The summed E-state index contributed by atoms with van der Waals surface area (Å²) in [6.07, 6.45) is 6.73. The molecule has 1 atom stereocenters. The van der Waals surface area contributed by atoms with Gasteiger partial charge in [0.1, 0.15) is 0 Å². The molecule has 0 spiro atoms. The molecule has 0 aromatic heterocycles. The normalized spacial score (nSPS) is 15.5. The predicted molar refractivity (Wildman–Crippen MR) is 218 cm³/mol. The molecule has 0 saturated heterocycles. The Balaban J connectivity index is 1.25. The maximum absolute atomic E-state index is 2.45. The Labute approximate surface area is 301 Å². The van der Waals surface area contributed by atoms with Crippen LogP contribution in [0.15, 0.2) is 200 Å². The molecular weight excluding hydrogens is 617 g/mol. The van der Waals surface area contributed by atoms with Crippen molar-refractivity contribution in [2.75, 3.05) is 9.80 Å². The van der Waals surface area contributed by atoms with Crippen molar-refractivity contribution in [1.29, 1.82) is 0 Å². The molecule has 0 N–H and O–H groups in total. The number of anilines is 5. The van der Waals surface area contributed by atoms with Gasteiger partial charge in [-0.25, -0.2) is 0 Å². The SMILES string of the molecule is C/C1=C\C=C/C(C)N(c2ccccc2)c2cccc(N(c3ccc(-c4ccccc4)cc3)c3ccc(-c4ccc(-c5ccccc5)cc4)cc3)c21. The van der Waals surface area contributed by atoms with Crippen molar-refractivity contribution in [2.45, 2.75) is 19.9 Å². The summed E-state index contributed by atoms with van der Waals surface area (Å²) < 4.78 is 0. The molecule has 2 heteroatoms. The highest BCUT2D eigenvalue weighted by Gasteiger charge is 2.25. The Morgan fingerprint density at radius 1 is 0.451 bits per heavy atom. The van der Waals surface area contributed by atoms with Gasteiger partial charge in [0, 0.05) is 28.7 Å². The van der Waals surface area contributed by atoms with Crippen LogP contribution in [0.2, 0.25) is 0 Å². The lowest BCUT2D eigenvalue weighted by molar-refractivity contribution is 0.861. The second-order valence-corrected chi connectivity index (χ2v) is 13.1. The summed E-state index contributed by atoms with van der Waals surface area (Å²) in [5.41, 5.74) is 15.4. The Morgan fingerprint density at radius 3 is 1.37 bits per heavy atom. The number of fused-ring (bicyclic) bond motifs is 1. The molecule has 0 amide bonds. The smallest absolute Gasteiger partial charge is 0.0557 e. The van der Waals surface area contributed by atoms with Crippen molar-refractivity contribution in [3.8, 4) is 33.4 Å². The summed E-state index contributed by atoms with van der Waals surface area (Å²) >= 11 is 0. The average molecular weight is 657 g/mol. The highest BCUT2D eigenvalue weighted by Crippen LogP contribution is 2.46. The van der Waals surface area contributed by atoms with Crippen molar-refractivity contribution < 1.29 is 0 Å². The van der Waals surface area contributed by atoms with E-state index in [1.54, 1.807) is 0 Å². The molecule has 0 fully saturated rings. The third-order valence-corrected chi connectivity index (χ3v) is 9.78. The highest BCUT2D eigenvalue weighted by atomic mass is 15.2. The maximum atomic E-state index is 2.45. The first-order valence-electron chi connectivity index (χ1n) is 17.7. The average Bonchev–Trinajstić information content (AvgIpc) is 3.19. The number of rotatable bonds is 7. The third-order valence-electron chi connectivity index (χ3n) is 9.78. The van der Waals surface area contributed by atoms with Gasteiger partial charge in [-0.05, 0) is 101 Å². The van der Waals surface area contributed by atoms with Crippen LogP contribution < -0.4 is 9.80 Å². The van der Waals surface area contributed by atoms with Crippen molar-refractivity contribution in [2.24, 2.45) is 0 Å². The lowest BCUT2D eigenvalue weighted by atomic mass is 9.96. The highest BCUT2D eigenvalue weighted by molar-refractivity contribution is 5.94. The fraction of sp³-hybridized carbons (Fsp3) is 0.0612. The van der Waals surface area contributed by atoms with E-state index >= 15 is 0 Å². The van der Waals surface area contributed by atoms with E-state index in [4.69, 9.17) is 0 Å². The fourth-order valence-electron chi connectivity index (χ4n) is 7.18. The first-order chi connectivity index (χ1) is 25.1. The summed E-state index contributed by atoms with van der Waals surface area (Å²) in [5.74, 6) is 0. The molecule has 2 nitrogen and oxygen atoms in total. The predicted octanol–water partition coefficient (Wildman–Crippen LogP) is 13.7. The van der Waals surface area contributed by atoms with E-state index in [9.17, 15) is 0 Å². The molecule has 7 aromatic carbocycles. The molecule has 1 aliphatic rings. The molecule has 51 heavy (non-hydrogen) atoms. The van der Waals surface area contributed by atoms with Gasteiger partial charge < -0.3 is 9.80 Å². The molecule has 0 radical (unpaired) electrons. The van der Waals surface area contributed by atoms with Gasteiger partial charge in [-0.2, -0.15) is 0 Å². The Bertz CT molecular complexity index is 2290. The van der Waals surface area contributed by atoms with Crippen LogP contribution in [0.25, 0.3) is 39.0 Å². The molecule has 0 saturated carbocycles. The molecule has 0 aliphatic carbocycles.